The average Bonchev–Trinajstić information content (AvgIpc) is 2.70. The number of hydrogen-bond acceptors (Lipinski definition) is 4. The lowest BCUT2D eigenvalue weighted by atomic mass is 10.1. The molecule has 27 heavy (non-hydrogen) atoms. The Labute approximate surface area is 160 Å². The van der Waals surface area contributed by atoms with Crippen LogP contribution in [0, 0.1) is 0 Å². The van der Waals surface area contributed by atoms with Crippen LogP contribution < -0.4 is 14.2 Å². The number of carbonyl (C=O) groups excluding carboxylic acids is 1. The summed E-state index contributed by atoms with van der Waals surface area (Å²) in [7, 11) is 1.59. The fraction of sp³-hybridized carbons (Fsp3) is 0.318. The Bertz CT molecular complexity index is 797. The fourth-order valence-corrected chi connectivity index (χ4v) is 2.95. The average molecular weight is 367 g/mol. The molecule has 1 aliphatic rings. The van der Waals surface area contributed by atoms with Crippen molar-refractivity contribution >= 4 is 12.0 Å². The fourth-order valence-electron chi connectivity index (χ4n) is 2.95. The van der Waals surface area contributed by atoms with E-state index in [2.05, 4.69) is 0 Å². The third-order valence-corrected chi connectivity index (χ3v) is 4.37. The summed E-state index contributed by atoms with van der Waals surface area (Å²) in [6.07, 6.45) is 3.37. The van der Waals surface area contributed by atoms with Crippen LogP contribution in [0.3, 0.4) is 0 Å². The molecule has 0 aromatic heterocycles. The third kappa shape index (κ3) is 4.61. The highest BCUT2D eigenvalue weighted by atomic mass is 16.6. The number of hydrogen-bond donors (Lipinski definition) is 0. The van der Waals surface area contributed by atoms with Gasteiger partial charge in [0, 0.05) is 18.7 Å². The van der Waals surface area contributed by atoms with Crippen molar-refractivity contribution < 1.29 is 19.0 Å². The van der Waals surface area contributed by atoms with Crippen LogP contribution in [0.15, 0.2) is 48.5 Å². The van der Waals surface area contributed by atoms with Gasteiger partial charge in [0.2, 0.25) is 11.7 Å². The second-order valence-corrected chi connectivity index (χ2v) is 6.63. The Morgan fingerprint density at radius 2 is 1.93 bits per heavy atom. The molecule has 142 valence electrons. The molecule has 0 bridgehead atoms. The van der Waals surface area contributed by atoms with Crippen LogP contribution in [0.25, 0.3) is 6.08 Å². The smallest absolute Gasteiger partial charge is 0.247 e. The van der Waals surface area contributed by atoms with Gasteiger partial charge in [-0.3, -0.25) is 4.79 Å². The lowest BCUT2D eigenvalue weighted by molar-refractivity contribution is -0.128. The molecular weight excluding hydrogens is 342 g/mol. The van der Waals surface area contributed by atoms with Gasteiger partial charge < -0.3 is 19.1 Å². The van der Waals surface area contributed by atoms with Crippen LogP contribution in [-0.2, 0) is 11.3 Å². The summed E-state index contributed by atoms with van der Waals surface area (Å²) < 4.78 is 16.6. The Morgan fingerprint density at radius 3 is 2.63 bits per heavy atom. The van der Waals surface area contributed by atoms with E-state index in [1.54, 1.807) is 19.3 Å². The van der Waals surface area contributed by atoms with Crippen molar-refractivity contribution in [3.05, 3.63) is 59.7 Å². The molecule has 0 saturated heterocycles. The van der Waals surface area contributed by atoms with E-state index in [0.717, 1.165) is 11.1 Å². The van der Waals surface area contributed by atoms with Crippen molar-refractivity contribution in [2.45, 2.75) is 26.4 Å². The number of carbonyl (C=O) groups is 1. The van der Waals surface area contributed by atoms with E-state index in [9.17, 15) is 4.79 Å². The van der Waals surface area contributed by atoms with Crippen molar-refractivity contribution in [2.24, 2.45) is 0 Å². The van der Waals surface area contributed by atoms with Crippen LogP contribution >= 0.6 is 0 Å². The standard InChI is InChI=1S/C22H25NO4/c1-16(2)23(15-17-7-5-4-6-8-17)21(24)10-9-18-13-19(25-3)22-20(14-18)26-11-12-27-22/h4-10,13-14,16H,11-12,15H2,1-3H3/b10-9+. The molecule has 0 N–H and O–H groups in total. The van der Waals surface area contributed by atoms with Gasteiger partial charge in [0.25, 0.3) is 0 Å². The first-order valence-corrected chi connectivity index (χ1v) is 9.08. The lowest BCUT2D eigenvalue weighted by Gasteiger charge is -2.25. The SMILES string of the molecule is COc1cc(/C=C/C(=O)N(Cc2ccccc2)C(C)C)cc2c1OCCO2. The van der Waals surface area contributed by atoms with Crippen molar-refractivity contribution in [3.63, 3.8) is 0 Å². The topological polar surface area (TPSA) is 48.0 Å². The summed E-state index contributed by atoms with van der Waals surface area (Å²) in [6, 6.07) is 13.8. The summed E-state index contributed by atoms with van der Waals surface area (Å²) in [4.78, 5) is 14.6. The van der Waals surface area contributed by atoms with Crippen LogP contribution in [0.5, 0.6) is 17.2 Å². The molecule has 2 aromatic rings. The number of methoxy groups -OCH3 is 1. The molecule has 1 amide bonds. The highest BCUT2D eigenvalue weighted by Crippen LogP contribution is 2.40. The second kappa shape index (κ2) is 8.62. The van der Waals surface area contributed by atoms with Gasteiger partial charge in [0.15, 0.2) is 11.5 Å². The first-order valence-electron chi connectivity index (χ1n) is 9.08. The molecule has 1 aliphatic heterocycles. The van der Waals surface area contributed by atoms with Crippen molar-refractivity contribution in [1.29, 1.82) is 0 Å². The van der Waals surface area contributed by atoms with E-state index >= 15 is 0 Å². The Morgan fingerprint density at radius 1 is 1.19 bits per heavy atom. The van der Waals surface area contributed by atoms with Gasteiger partial charge in [-0.05, 0) is 43.2 Å². The summed E-state index contributed by atoms with van der Waals surface area (Å²) in [6.45, 7) is 5.61. The van der Waals surface area contributed by atoms with Crippen molar-refractivity contribution in [2.75, 3.05) is 20.3 Å². The molecule has 0 atom stereocenters. The number of ether oxygens (including phenoxy) is 3. The molecular formula is C22H25NO4. The minimum Gasteiger partial charge on any atom is -0.493 e. The monoisotopic (exact) mass is 367 g/mol. The van der Waals surface area contributed by atoms with Gasteiger partial charge in [-0.25, -0.2) is 0 Å². The van der Waals surface area contributed by atoms with E-state index in [-0.39, 0.29) is 11.9 Å². The Hall–Kier alpha value is -2.95. The van der Waals surface area contributed by atoms with Crippen molar-refractivity contribution in [1.82, 2.24) is 4.90 Å². The van der Waals surface area contributed by atoms with Crippen LogP contribution in [0.4, 0.5) is 0 Å². The maximum atomic E-state index is 12.8. The quantitative estimate of drug-likeness (QED) is 0.726. The molecule has 0 spiro atoms. The highest BCUT2D eigenvalue weighted by molar-refractivity contribution is 5.92. The van der Waals surface area contributed by atoms with Crippen LogP contribution in [-0.4, -0.2) is 37.2 Å². The summed E-state index contributed by atoms with van der Waals surface area (Å²) >= 11 is 0. The Balaban J connectivity index is 1.78. The molecule has 1 heterocycles. The van der Waals surface area contributed by atoms with E-state index in [0.29, 0.717) is 37.0 Å². The van der Waals surface area contributed by atoms with Gasteiger partial charge in [0.05, 0.1) is 7.11 Å². The molecule has 5 nitrogen and oxygen atoms in total. The normalized spacial score (nSPS) is 13.0. The number of rotatable bonds is 6. The minimum atomic E-state index is -0.0392. The lowest BCUT2D eigenvalue weighted by Crippen LogP contribution is -2.35. The van der Waals surface area contributed by atoms with Gasteiger partial charge >= 0.3 is 0 Å². The zero-order valence-electron chi connectivity index (χ0n) is 16.0. The van der Waals surface area contributed by atoms with Gasteiger partial charge in [0.1, 0.15) is 13.2 Å². The van der Waals surface area contributed by atoms with E-state index in [1.807, 2.05) is 61.2 Å². The zero-order valence-corrected chi connectivity index (χ0v) is 16.0. The van der Waals surface area contributed by atoms with Gasteiger partial charge in [-0.2, -0.15) is 0 Å². The zero-order chi connectivity index (χ0) is 19.2. The van der Waals surface area contributed by atoms with Gasteiger partial charge in [-0.15, -0.1) is 0 Å². The summed E-state index contributed by atoms with van der Waals surface area (Å²) in [5.41, 5.74) is 1.93. The Kier molecular flexibility index (Phi) is 6.01. The summed E-state index contributed by atoms with van der Waals surface area (Å²) in [5.74, 6) is 1.81. The molecule has 0 unspecified atom stereocenters. The number of nitrogens with zero attached hydrogens (tertiary/aromatic N) is 1. The molecule has 0 aliphatic carbocycles. The van der Waals surface area contributed by atoms with E-state index < -0.39 is 0 Å². The first-order chi connectivity index (χ1) is 13.1. The van der Waals surface area contributed by atoms with E-state index in [4.69, 9.17) is 14.2 Å². The first kappa shape index (κ1) is 18.8. The number of amides is 1. The maximum absolute atomic E-state index is 12.8. The minimum absolute atomic E-state index is 0.0392. The molecule has 5 heteroatoms. The number of benzene rings is 2. The predicted octanol–water partition coefficient (Wildman–Crippen LogP) is 3.92. The van der Waals surface area contributed by atoms with Crippen LogP contribution in [0.1, 0.15) is 25.0 Å². The predicted molar refractivity (Wildman–Crippen MR) is 105 cm³/mol. The molecule has 0 radical (unpaired) electrons. The summed E-state index contributed by atoms with van der Waals surface area (Å²) in [5, 5.41) is 0. The third-order valence-electron chi connectivity index (χ3n) is 4.37. The molecule has 0 fully saturated rings. The largest absolute Gasteiger partial charge is 0.493 e. The van der Waals surface area contributed by atoms with Crippen LogP contribution in [0.2, 0.25) is 0 Å². The molecule has 0 saturated carbocycles. The maximum Gasteiger partial charge on any atom is 0.247 e. The molecule has 3 rings (SSSR count). The number of fused-ring (bicyclic) bond motifs is 1. The molecule has 2 aromatic carbocycles. The van der Waals surface area contributed by atoms with Crippen molar-refractivity contribution in [3.8, 4) is 17.2 Å². The van der Waals surface area contributed by atoms with Gasteiger partial charge in [-0.1, -0.05) is 30.3 Å². The van der Waals surface area contributed by atoms with E-state index in [1.165, 1.54) is 0 Å². The highest BCUT2D eigenvalue weighted by Gasteiger charge is 2.18. The second-order valence-electron chi connectivity index (χ2n) is 6.63.